The second kappa shape index (κ2) is 5.46. The molecule has 0 radical (unpaired) electrons. The van der Waals surface area contributed by atoms with Crippen molar-refractivity contribution >= 4 is 10.0 Å². The van der Waals surface area contributed by atoms with Gasteiger partial charge in [0.1, 0.15) is 11.6 Å². The Hall–Kier alpha value is -1.79. The Labute approximate surface area is 109 Å². The standard InChI is InChI=1S/C13H11F2NO2S/c14-11-6-4-10(5-7-11)9-16-19(17,18)13-3-1-2-12(15)8-13/h1-8,16H,9H2. The van der Waals surface area contributed by atoms with Gasteiger partial charge in [-0.2, -0.15) is 0 Å². The Morgan fingerprint density at radius 1 is 0.947 bits per heavy atom. The predicted octanol–water partition coefficient (Wildman–Crippen LogP) is 2.44. The summed E-state index contributed by atoms with van der Waals surface area (Å²) >= 11 is 0. The van der Waals surface area contributed by atoms with Crippen LogP contribution in [0.3, 0.4) is 0 Å². The maximum atomic E-state index is 13.0. The third kappa shape index (κ3) is 3.59. The fourth-order valence-corrected chi connectivity index (χ4v) is 2.55. The van der Waals surface area contributed by atoms with Crippen LogP contribution < -0.4 is 4.72 Å². The van der Waals surface area contributed by atoms with Crippen LogP contribution in [0, 0.1) is 11.6 Å². The topological polar surface area (TPSA) is 46.2 Å². The lowest BCUT2D eigenvalue weighted by Crippen LogP contribution is -2.23. The highest BCUT2D eigenvalue weighted by Crippen LogP contribution is 2.11. The molecule has 0 atom stereocenters. The first-order valence-corrected chi connectivity index (χ1v) is 6.95. The highest BCUT2D eigenvalue weighted by atomic mass is 32.2. The minimum atomic E-state index is -3.77. The molecule has 0 saturated heterocycles. The Kier molecular flexibility index (Phi) is 3.92. The van der Waals surface area contributed by atoms with Gasteiger partial charge in [-0.25, -0.2) is 21.9 Å². The van der Waals surface area contributed by atoms with Crippen LogP contribution in [0.1, 0.15) is 5.56 Å². The van der Waals surface area contributed by atoms with Gasteiger partial charge in [0, 0.05) is 6.54 Å². The molecular weight excluding hydrogens is 272 g/mol. The zero-order valence-electron chi connectivity index (χ0n) is 9.81. The summed E-state index contributed by atoms with van der Waals surface area (Å²) in [7, 11) is -3.77. The average molecular weight is 283 g/mol. The molecule has 19 heavy (non-hydrogen) atoms. The molecule has 0 fully saturated rings. The molecule has 0 spiro atoms. The van der Waals surface area contributed by atoms with E-state index in [0.717, 1.165) is 6.07 Å². The van der Waals surface area contributed by atoms with E-state index in [1.807, 2.05) is 0 Å². The summed E-state index contributed by atoms with van der Waals surface area (Å²) in [6, 6.07) is 10.2. The monoisotopic (exact) mass is 283 g/mol. The lowest BCUT2D eigenvalue weighted by atomic mass is 10.2. The number of halogens is 2. The van der Waals surface area contributed by atoms with Gasteiger partial charge in [0.05, 0.1) is 4.90 Å². The van der Waals surface area contributed by atoms with Gasteiger partial charge in [0.15, 0.2) is 0 Å². The van der Waals surface area contributed by atoms with Crippen molar-refractivity contribution in [3.63, 3.8) is 0 Å². The van der Waals surface area contributed by atoms with E-state index in [0.29, 0.717) is 5.56 Å². The summed E-state index contributed by atoms with van der Waals surface area (Å²) in [6.45, 7) is 0.0130. The van der Waals surface area contributed by atoms with E-state index in [1.165, 1.54) is 42.5 Å². The highest BCUT2D eigenvalue weighted by Gasteiger charge is 2.14. The van der Waals surface area contributed by atoms with Gasteiger partial charge in [0.25, 0.3) is 0 Å². The summed E-state index contributed by atoms with van der Waals surface area (Å²) in [4.78, 5) is -0.144. The minimum absolute atomic E-state index is 0.0130. The molecule has 2 rings (SSSR count). The smallest absolute Gasteiger partial charge is 0.207 e. The van der Waals surface area contributed by atoms with Crippen molar-refractivity contribution in [3.05, 3.63) is 65.7 Å². The van der Waals surface area contributed by atoms with Gasteiger partial charge in [-0.05, 0) is 35.9 Å². The van der Waals surface area contributed by atoms with Crippen LogP contribution in [0.4, 0.5) is 8.78 Å². The Morgan fingerprint density at radius 2 is 1.63 bits per heavy atom. The van der Waals surface area contributed by atoms with Gasteiger partial charge in [0.2, 0.25) is 10.0 Å². The molecule has 0 aliphatic rings. The number of sulfonamides is 1. The van der Waals surface area contributed by atoms with Crippen LogP contribution >= 0.6 is 0 Å². The quantitative estimate of drug-likeness (QED) is 0.936. The van der Waals surface area contributed by atoms with E-state index >= 15 is 0 Å². The van der Waals surface area contributed by atoms with E-state index in [2.05, 4.69) is 4.72 Å². The molecule has 0 aliphatic carbocycles. The molecule has 6 heteroatoms. The summed E-state index contributed by atoms with van der Waals surface area (Å²) in [5.41, 5.74) is 0.612. The van der Waals surface area contributed by atoms with Gasteiger partial charge < -0.3 is 0 Å². The van der Waals surface area contributed by atoms with Crippen LogP contribution in [0.5, 0.6) is 0 Å². The molecule has 2 aromatic rings. The number of hydrogen-bond acceptors (Lipinski definition) is 2. The van der Waals surface area contributed by atoms with E-state index < -0.39 is 21.7 Å². The van der Waals surface area contributed by atoms with Crippen LogP contribution in [-0.2, 0) is 16.6 Å². The first-order chi connectivity index (χ1) is 8.97. The van der Waals surface area contributed by atoms with Gasteiger partial charge in [-0.15, -0.1) is 0 Å². The van der Waals surface area contributed by atoms with Gasteiger partial charge in [-0.1, -0.05) is 18.2 Å². The maximum absolute atomic E-state index is 13.0. The van der Waals surface area contributed by atoms with Crippen LogP contribution in [-0.4, -0.2) is 8.42 Å². The zero-order chi connectivity index (χ0) is 13.9. The van der Waals surface area contributed by atoms with E-state index in [1.54, 1.807) is 0 Å². The van der Waals surface area contributed by atoms with E-state index in [4.69, 9.17) is 0 Å². The number of hydrogen-bond donors (Lipinski definition) is 1. The predicted molar refractivity (Wildman–Crippen MR) is 66.8 cm³/mol. The average Bonchev–Trinajstić information content (AvgIpc) is 2.38. The van der Waals surface area contributed by atoms with Crippen molar-refractivity contribution in [2.45, 2.75) is 11.4 Å². The zero-order valence-corrected chi connectivity index (χ0v) is 10.6. The molecule has 0 unspecified atom stereocenters. The molecule has 3 nitrogen and oxygen atoms in total. The third-order valence-electron chi connectivity index (χ3n) is 2.49. The normalized spacial score (nSPS) is 11.5. The van der Waals surface area contributed by atoms with Gasteiger partial charge >= 0.3 is 0 Å². The molecule has 0 aromatic heterocycles. The summed E-state index contributed by atoms with van der Waals surface area (Å²) in [6.07, 6.45) is 0. The molecule has 1 N–H and O–H groups in total. The van der Waals surface area contributed by atoms with Crippen LogP contribution in [0.2, 0.25) is 0 Å². The molecule has 100 valence electrons. The fraction of sp³-hybridized carbons (Fsp3) is 0.0769. The largest absolute Gasteiger partial charge is 0.240 e. The lowest BCUT2D eigenvalue weighted by molar-refractivity contribution is 0.577. The summed E-state index contributed by atoms with van der Waals surface area (Å²) < 4.78 is 51.7. The van der Waals surface area contributed by atoms with Gasteiger partial charge in [-0.3, -0.25) is 0 Å². The Bertz CT molecular complexity index is 669. The van der Waals surface area contributed by atoms with Crippen molar-refractivity contribution in [1.29, 1.82) is 0 Å². The summed E-state index contributed by atoms with van der Waals surface area (Å²) in [5.74, 6) is -1.01. The molecular formula is C13H11F2NO2S. The molecule has 0 amide bonds. The van der Waals surface area contributed by atoms with Crippen molar-refractivity contribution < 1.29 is 17.2 Å². The Morgan fingerprint density at radius 3 is 2.26 bits per heavy atom. The minimum Gasteiger partial charge on any atom is -0.207 e. The van der Waals surface area contributed by atoms with E-state index in [9.17, 15) is 17.2 Å². The second-order valence-electron chi connectivity index (χ2n) is 3.91. The second-order valence-corrected chi connectivity index (χ2v) is 5.68. The number of nitrogens with one attached hydrogen (secondary N) is 1. The number of rotatable bonds is 4. The first kappa shape index (κ1) is 13.6. The van der Waals surface area contributed by atoms with E-state index in [-0.39, 0.29) is 11.4 Å². The van der Waals surface area contributed by atoms with Crippen LogP contribution in [0.25, 0.3) is 0 Å². The van der Waals surface area contributed by atoms with Crippen molar-refractivity contribution in [1.82, 2.24) is 4.72 Å². The maximum Gasteiger partial charge on any atom is 0.240 e. The number of benzene rings is 2. The van der Waals surface area contributed by atoms with Crippen molar-refractivity contribution in [3.8, 4) is 0 Å². The first-order valence-electron chi connectivity index (χ1n) is 5.47. The SMILES string of the molecule is O=S(=O)(NCc1ccc(F)cc1)c1cccc(F)c1. The van der Waals surface area contributed by atoms with Crippen LogP contribution in [0.15, 0.2) is 53.4 Å². The van der Waals surface area contributed by atoms with Crippen molar-refractivity contribution in [2.24, 2.45) is 0 Å². The molecule has 0 aliphatic heterocycles. The molecule has 0 bridgehead atoms. The molecule has 2 aromatic carbocycles. The lowest BCUT2D eigenvalue weighted by Gasteiger charge is -2.07. The summed E-state index contributed by atoms with van der Waals surface area (Å²) in [5, 5.41) is 0. The van der Waals surface area contributed by atoms with Crippen molar-refractivity contribution in [2.75, 3.05) is 0 Å². The highest BCUT2D eigenvalue weighted by molar-refractivity contribution is 7.89. The Balaban J connectivity index is 2.12. The molecule has 0 saturated carbocycles. The fourth-order valence-electron chi connectivity index (χ4n) is 1.50. The molecule has 0 heterocycles. The third-order valence-corrected chi connectivity index (χ3v) is 3.88.